The highest BCUT2D eigenvalue weighted by Gasteiger charge is 2.49. The number of para-hydroxylation sites is 1. The van der Waals surface area contributed by atoms with Crippen LogP contribution in [0.25, 0.3) is 0 Å². The molecule has 5 nitrogen and oxygen atoms in total. The first-order valence-electron chi connectivity index (χ1n) is 7.74. The fraction of sp³-hybridized carbons (Fsp3) is 0.278. The zero-order valence-electron chi connectivity index (χ0n) is 13.4. The summed E-state index contributed by atoms with van der Waals surface area (Å²) >= 11 is 6.23. The second-order valence-electron chi connectivity index (χ2n) is 6.18. The molecule has 24 heavy (non-hydrogen) atoms. The Labute approximate surface area is 145 Å². The number of carbonyl (C=O) groups excluding carboxylic acids is 1. The number of amides is 2. The summed E-state index contributed by atoms with van der Waals surface area (Å²) in [5, 5.41) is 3.51. The Kier molecular flexibility index (Phi) is 3.35. The number of methoxy groups -OCH3 is 1. The summed E-state index contributed by atoms with van der Waals surface area (Å²) in [4.78, 5) is 14.4. The lowest BCUT2D eigenvalue weighted by atomic mass is 9.90. The molecule has 1 saturated heterocycles. The molecule has 0 spiro atoms. The van der Waals surface area contributed by atoms with Crippen molar-refractivity contribution in [1.82, 2.24) is 5.32 Å². The van der Waals surface area contributed by atoms with Crippen molar-refractivity contribution in [3.8, 4) is 11.5 Å². The predicted octanol–water partition coefficient (Wildman–Crippen LogP) is 4.12. The highest BCUT2D eigenvalue weighted by molar-refractivity contribution is 6.32. The number of hydrogen-bond donors (Lipinski definition) is 1. The molecule has 2 amide bonds. The molecule has 124 valence electrons. The minimum atomic E-state index is -0.779. The predicted molar refractivity (Wildman–Crippen MR) is 91.8 cm³/mol. The number of ether oxygens (including phenoxy) is 2. The van der Waals surface area contributed by atoms with E-state index in [9.17, 15) is 4.79 Å². The monoisotopic (exact) mass is 344 g/mol. The number of nitrogens with zero attached hydrogens (tertiary/aromatic N) is 1. The van der Waals surface area contributed by atoms with Crippen LogP contribution in [0.2, 0.25) is 5.02 Å². The van der Waals surface area contributed by atoms with E-state index in [2.05, 4.69) is 5.32 Å². The number of nitrogens with one attached hydrogen (secondary N) is 1. The second-order valence-corrected chi connectivity index (χ2v) is 6.58. The third-order valence-electron chi connectivity index (χ3n) is 4.57. The van der Waals surface area contributed by atoms with Crippen molar-refractivity contribution >= 4 is 23.3 Å². The second kappa shape index (κ2) is 5.31. The summed E-state index contributed by atoms with van der Waals surface area (Å²) in [7, 11) is 1.56. The largest absolute Gasteiger partial charge is 0.495 e. The van der Waals surface area contributed by atoms with Crippen molar-refractivity contribution in [3.05, 3.63) is 53.1 Å². The Bertz CT molecular complexity index is 826. The van der Waals surface area contributed by atoms with Crippen molar-refractivity contribution in [2.45, 2.75) is 25.1 Å². The minimum absolute atomic E-state index is 0.0579. The molecule has 0 aromatic heterocycles. The zero-order valence-corrected chi connectivity index (χ0v) is 14.1. The number of rotatable bonds is 2. The Morgan fingerprint density at radius 1 is 1.33 bits per heavy atom. The van der Waals surface area contributed by atoms with Gasteiger partial charge in [-0.05, 0) is 31.2 Å². The van der Waals surface area contributed by atoms with E-state index in [1.165, 1.54) is 0 Å². The molecule has 2 heterocycles. The van der Waals surface area contributed by atoms with Crippen LogP contribution in [0, 0.1) is 0 Å². The number of hydrogen-bond acceptors (Lipinski definition) is 3. The normalized spacial score (nSPS) is 24.7. The number of benzene rings is 2. The number of carbonyl (C=O) groups is 1. The first-order valence-corrected chi connectivity index (χ1v) is 8.12. The Morgan fingerprint density at radius 3 is 2.88 bits per heavy atom. The van der Waals surface area contributed by atoms with Crippen LogP contribution in [0.1, 0.15) is 24.9 Å². The quantitative estimate of drug-likeness (QED) is 0.891. The van der Waals surface area contributed by atoms with E-state index in [4.69, 9.17) is 21.1 Å². The molecule has 0 saturated carbocycles. The van der Waals surface area contributed by atoms with Gasteiger partial charge in [-0.1, -0.05) is 29.8 Å². The lowest BCUT2D eigenvalue weighted by molar-refractivity contribution is 0.0379. The summed E-state index contributed by atoms with van der Waals surface area (Å²) in [6.45, 7) is 1.92. The Morgan fingerprint density at radius 2 is 2.12 bits per heavy atom. The topological polar surface area (TPSA) is 50.8 Å². The fourth-order valence-electron chi connectivity index (χ4n) is 3.51. The van der Waals surface area contributed by atoms with Crippen molar-refractivity contribution in [1.29, 1.82) is 0 Å². The van der Waals surface area contributed by atoms with Crippen molar-refractivity contribution < 1.29 is 14.3 Å². The molecular formula is C18H17ClN2O3. The van der Waals surface area contributed by atoms with Crippen LogP contribution in [-0.2, 0) is 0 Å². The minimum Gasteiger partial charge on any atom is -0.495 e. The van der Waals surface area contributed by atoms with Gasteiger partial charge in [0.05, 0.1) is 23.9 Å². The van der Waals surface area contributed by atoms with Crippen molar-refractivity contribution in [3.63, 3.8) is 0 Å². The molecule has 2 atom stereocenters. The van der Waals surface area contributed by atoms with E-state index in [0.29, 0.717) is 22.9 Å². The number of fused-ring (bicyclic) bond motifs is 4. The molecule has 0 aliphatic carbocycles. The van der Waals surface area contributed by atoms with Crippen LogP contribution in [0.15, 0.2) is 42.5 Å². The highest BCUT2D eigenvalue weighted by Crippen LogP contribution is 2.46. The van der Waals surface area contributed by atoms with E-state index in [-0.39, 0.29) is 12.1 Å². The average molecular weight is 345 g/mol. The van der Waals surface area contributed by atoms with Gasteiger partial charge < -0.3 is 14.8 Å². The van der Waals surface area contributed by atoms with Crippen LogP contribution < -0.4 is 19.7 Å². The number of anilines is 1. The standard InChI is InChI=1S/C18H17ClN2O3/c1-18-10-14(12-5-3-4-6-15(12)24-18)20-17(22)21(18)11-7-8-16(23-2)13(19)9-11/h3-9,14H,10H2,1-2H3,(H,20,22)/t14-,18+/m1/s1. The van der Waals surface area contributed by atoms with Gasteiger partial charge in [-0.25, -0.2) is 4.79 Å². The highest BCUT2D eigenvalue weighted by atomic mass is 35.5. The maximum absolute atomic E-state index is 12.7. The summed E-state index contributed by atoms with van der Waals surface area (Å²) in [6.07, 6.45) is 0.652. The van der Waals surface area contributed by atoms with E-state index in [0.717, 1.165) is 11.3 Å². The van der Waals surface area contributed by atoms with E-state index < -0.39 is 5.72 Å². The van der Waals surface area contributed by atoms with Gasteiger partial charge in [0, 0.05) is 12.0 Å². The van der Waals surface area contributed by atoms with Gasteiger partial charge in [-0.2, -0.15) is 0 Å². The third-order valence-corrected chi connectivity index (χ3v) is 4.87. The van der Waals surface area contributed by atoms with E-state index >= 15 is 0 Å². The first-order chi connectivity index (χ1) is 11.5. The van der Waals surface area contributed by atoms with Crippen molar-refractivity contribution in [2.75, 3.05) is 12.0 Å². The van der Waals surface area contributed by atoms with Gasteiger partial charge >= 0.3 is 6.03 Å². The molecule has 0 radical (unpaired) electrons. The molecule has 0 unspecified atom stereocenters. The van der Waals surface area contributed by atoms with Gasteiger partial charge in [-0.3, -0.25) is 4.90 Å². The van der Waals surface area contributed by atoms with Gasteiger partial charge in [0.2, 0.25) is 0 Å². The molecule has 2 aliphatic heterocycles. The number of urea groups is 1. The lowest BCUT2D eigenvalue weighted by Gasteiger charge is -2.50. The van der Waals surface area contributed by atoms with Crippen LogP contribution in [-0.4, -0.2) is 18.9 Å². The average Bonchev–Trinajstić information content (AvgIpc) is 2.54. The molecular weight excluding hydrogens is 328 g/mol. The summed E-state index contributed by atoms with van der Waals surface area (Å²) in [6, 6.07) is 12.8. The molecule has 4 rings (SSSR count). The Hall–Kier alpha value is -2.40. The molecule has 1 N–H and O–H groups in total. The van der Waals surface area contributed by atoms with Crippen molar-refractivity contribution in [2.24, 2.45) is 0 Å². The maximum Gasteiger partial charge on any atom is 0.325 e. The maximum atomic E-state index is 12.7. The van der Waals surface area contributed by atoms with Gasteiger partial charge in [-0.15, -0.1) is 0 Å². The van der Waals surface area contributed by atoms with Crippen LogP contribution in [0.4, 0.5) is 10.5 Å². The molecule has 1 fully saturated rings. The molecule has 2 aliphatic rings. The molecule has 6 heteroatoms. The smallest absolute Gasteiger partial charge is 0.325 e. The summed E-state index contributed by atoms with van der Waals surface area (Å²) in [5.41, 5.74) is 0.897. The van der Waals surface area contributed by atoms with Gasteiger partial charge in [0.15, 0.2) is 5.72 Å². The van der Waals surface area contributed by atoms with E-state index in [1.54, 1.807) is 30.2 Å². The van der Waals surface area contributed by atoms with Crippen LogP contribution in [0.3, 0.4) is 0 Å². The summed E-state index contributed by atoms with van der Waals surface area (Å²) in [5.74, 6) is 1.36. The van der Waals surface area contributed by atoms with Gasteiger partial charge in [0.25, 0.3) is 0 Å². The Balaban J connectivity index is 1.78. The summed E-state index contributed by atoms with van der Waals surface area (Å²) < 4.78 is 11.4. The molecule has 2 aromatic carbocycles. The van der Waals surface area contributed by atoms with Gasteiger partial charge in [0.1, 0.15) is 11.5 Å². The first kappa shape index (κ1) is 15.1. The molecule has 2 bridgehead atoms. The zero-order chi connectivity index (χ0) is 16.9. The molecule has 2 aromatic rings. The van der Waals surface area contributed by atoms with Crippen LogP contribution >= 0.6 is 11.6 Å². The third kappa shape index (κ3) is 2.19. The van der Waals surface area contributed by atoms with Crippen LogP contribution in [0.5, 0.6) is 11.5 Å². The SMILES string of the molecule is COc1ccc(N2C(=O)N[C@@H]3C[C@]2(C)Oc2ccccc23)cc1Cl. The van der Waals surface area contributed by atoms with E-state index in [1.807, 2.05) is 31.2 Å². The fourth-order valence-corrected chi connectivity index (χ4v) is 3.76. The lowest BCUT2D eigenvalue weighted by Crippen LogP contribution is -2.65. The number of halogens is 1.